The van der Waals surface area contributed by atoms with Crippen molar-refractivity contribution in [1.82, 2.24) is 20.4 Å². The molecule has 2 rings (SSSR count). The van der Waals surface area contributed by atoms with E-state index in [2.05, 4.69) is 20.4 Å². The number of hydrogen-bond donors (Lipinski definition) is 2. The van der Waals surface area contributed by atoms with E-state index in [9.17, 15) is 13.2 Å². The Bertz CT molecular complexity index is 512. The summed E-state index contributed by atoms with van der Waals surface area (Å²) in [5.41, 5.74) is 2.89. The molecular weight excluding hydrogens is 267 g/mol. The van der Waals surface area contributed by atoms with E-state index in [1.165, 1.54) is 12.5 Å². The fourth-order valence-electron chi connectivity index (χ4n) is 1.34. The summed E-state index contributed by atoms with van der Waals surface area (Å²) in [5.74, 6) is 5.34. The molecule has 0 aliphatic carbocycles. The van der Waals surface area contributed by atoms with Gasteiger partial charge < -0.3 is 0 Å². The van der Waals surface area contributed by atoms with E-state index in [4.69, 9.17) is 5.84 Å². The van der Waals surface area contributed by atoms with Crippen molar-refractivity contribution >= 4 is 11.3 Å². The molecule has 0 aromatic carbocycles. The van der Waals surface area contributed by atoms with Crippen LogP contribution in [0.2, 0.25) is 0 Å². The molecule has 0 saturated carbocycles. The number of nitrogens with zero attached hydrogens (tertiary/aromatic N) is 3. The Kier molecular flexibility index (Phi) is 3.55. The number of alkyl halides is 3. The first kappa shape index (κ1) is 12.9. The summed E-state index contributed by atoms with van der Waals surface area (Å²) >= 11 is 0.528. The molecule has 5 nitrogen and oxygen atoms in total. The number of thiazole rings is 1. The minimum Gasteiger partial charge on any atom is -0.270 e. The lowest BCUT2D eigenvalue weighted by atomic mass is 10.2. The lowest BCUT2D eigenvalue weighted by Crippen LogP contribution is -2.28. The molecule has 3 N–H and O–H groups in total. The summed E-state index contributed by atoms with van der Waals surface area (Å²) in [6, 6.07) is 0.930. The number of hydrogen-bond acceptors (Lipinski definition) is 6. The predicted molar refractivity (Wildman–Crippen MR) is 58.3 cm³/mol. The van der Waals surface area contributed by atoms with Crippen LogP contribution in [0.15, 0.2) is 24.8 Å². The van der Waals surface area contributed by atoms with Crippen molar-refractivity contribution in [3.63, 3.8) is 0 Å². The van der Waals surface area contributed by atoms with E-state index in [0.29, 0.717) is 21.9 Å². The predicted octanol–water partition coefficient (Wildman–Crippen LogP) is 1.50. The van der Waals surface area contributed by atoms with Gasteiger partial charge in [-0.3, -0.25) is 5.84 Å². The third kappa shape index (κ3) is 2.63. The van der Waals surface area contributed by atoms with Crippen LogP contribution < -0.4 is 11.3 Å². The molecule has 2 aromatic rings. The summed E-state index contributed by atoms with van der Waals surface area (Å²) in [6.45, 7) is 0. The molecule has 18 heavy (non-hydrogen) atoms. The standard InChI is InChI=1S/C9H8F3N5S/c10-9(11,12)8-15-3-6(18-8)7(17-13)5-1-2-14-4-16-5/h1-4,7,17H,13H2. The monoisotopic (exact) mass is 275 g/mol. The van der Waals surface area contributed by atoms with Gasteiger partial charge >= 0.3 is 6.18 Å². The topological polar surface area (TPSA) is 76.7 Å². The number of aromatic nitrogens is 3. The highest BCUT2D eigenvalue weighted by Gasteiger charge is 2.35. The average Bonchev–Trinajstić information content (AvgIpc) is 2.81. The zero-order chi connectivity index (χ0) is 13.2. The maximum atomic E-state index is 12.4. The van der Waals surface area contributed by atoms with Gasteiger partial charge in [0.25, 0.3) is 0 Å². The Balaban J connectivity index is 2.32. The van der Waals surface area contributed by atoms with Gasteiger partial charge in [-0.05, 0) is 6.07 Å². The van der Waals surface area contributed by atoms with Crippen LogP contribution in [0.5, 0.6) is 0 Å². The van der Waals surface area contributed by atoms with Gasteiger partial charge in [0.2, 0.25) is 0 Å². The van der Waals surface area contributed by atoms with Crippen LogP contribution in [-0.4, -0.2) is 15.0 Å². The van der Waals surface area contributed by atoms with Crippen molar-refractivity contribution in [1.29, 1.82) is 0 Å². The molecule has 9 heteroatoms. The van der Waals surface area contributed by atoms with Crippen molar-refractivity contribution in [2.75, 3.05) is 0 Å². The van der Waals surface area contributed by atoms with Crippen LogP contribution in [0, 0.1) is 0 Å². The van der Waals surface area contributed by atoms with Gasteiger partial charge in [0.1, 0.15) is 6.33 Å². The normalized spacial score (nSPS) is 13.6. The zero-order valence-electron chi connectivity index (χ0n) is 8.85. The van der Waals surface area contributed by atoms with E-state index < -0.39 is 17.2 Å². The number of hydrazine groups is 1. The minimum atomic E-state index is -4.45. The van der Waals surface area contributed by atoms with Gasteiger partial charge in [0.05, 0.1) is 11.7 Å². The summed E-state index contributed by atoms with van der Waals surface area (Å²) in [7, 11) is 0. The third-order valence-electron chi connectivity index (χ3n) is 2.12. The van der Waals surface area contributed by atoms with Crippen molar-refractivity contribution in [2.45, 2.75) is 12.2 Å². The van der Waals surface area contributed by atoms with Crippen LogP contribution in [0.1, 0.15) is 21.6 Å². The van der Waals surface area contributed by atoms with Crippen LogP contribution in [0.25, 0.3) is 0 Å². The van der Waals surface area contributed by atoms with Crippen LogP contribution in [0.4, 0.5) is 13.2 Å². The first-order chi connectivity index (χ1) is 8.52. The molecular formula is C9H8F3N5S. The highest BCUT2D eigenvalue weighted by atomic mass is 32.1. The van der Waals surface area contributed by atoms with Crippen LogP contribution in [0.3, 0.4) is 0 Å². The van der Waals surface area contributed by atoms with E-state index >= 15 is 0 Å². The highest BCUT2D eigenvalue weighted by Crippen LogP contribution is 2.35. The Morgan fingerprint density at radius 1 is 1.33 bits per heavy atom. The molecule has 2 aromatic heterocycles. The third-order valence-corrected chi connectivity index (χ3v) is 3.22. The largest absolute Gasteiger partial charge is 0.443 e. The fraction of sp³-hybridized carbons (Fsp3) is 0.222. The second-order valence-electron chi connectivity index (χ2n) is 3.30. The second-order valence-corrected chi connectivity index (χ2v) is 4.36. The number of halogens is 3. The highest BCUT2D eigenvalue weighted by molar-refractivity contribution is 7.11. The number of nitrogens with one attached hydrogen (secondary N) is 1. The molecule has 0 amide bonds. The molecule has 0 spiro atoms. The van der Waals surface area contributed by atoms with E-state index in [-0.39, 0.29) is 0 Å². The molecule has 0 aliphatic rings. The average molecular weight is 275 g/mol. The molecule has 1 unspecified atom stereocenters. The van der Waals surface area contributed by atoms with Crippen LogP contribution in [-0.2, 0) is 6.18 Å². The zero-order valence-corrected chi connectivity index (χ0v) is 9.66. The first-order valence-electron chi connectivity index (χ1n) is 4.77. The molecule has 0 bridgehead atoms. The first-order valence-corrected chi connectivity index (χ1v) is 5.59. The summed E-state index contributed by atoms with van der Waals surface area (Å²) < 4.78 is 37.3. The van der Waals surface area contributed by atoms with Crippen molar-refractivity contribution < 1.29 is 13.2 Å². The lowest BCUT2D eigenvalue weighted by Gasteiger charge is -2.12. The summed E-state index contributed by atoms with van der Waals surface area (Å²) in [5, 5.41) is -0.910. The number of rotatable bonds is 3. The summed E-state index contributed by atoms with van der Waals surface area (Å²) in [6.07, 6.45) is -0.530. The van der Waals surface area contributed by atoms with Gasteiger partial charge in [-0.2, -0.15) is 13.2 Å². The number of nitrogens with two attached hydrogens (primary N) is 1. The Morgan fingerprint density at radius 3 is 2.61 bits per heavy atom. The maximum Gasteiger partial charge on any atom is 0.443 e. The van der Waals surface area contributed by atoms with Crippen molar-refractivity contribution in [3.05, 3.63) is 40.4 Å². The van der Waals surface area contributed by atoms with E-state index in [1.807, 2.05) is 0 Å². The van der Waals surface area contributed by atoms with Gasteiger partial charge in [0.15, 0.2) is 5.01 Å². The minimum absolute atomic E-state index is 0.337. The molecule has 96 valence electrons. The van der Waals surface area contributed by atoms with Gasteiger partial charge in [-0.15, -0.1) is 11.3 Å². The van der Waals surface area contributed by atoms with E-state index in [0.717, 1.165) is 6.20 Å². The van der Waals surface area contributed by atoms with Crippen LogP contribution >= 0.6 is 11.3 Å². The van der Waals surface area contributed by atoms with Gasteiger partial charge in [-0.25, -0.2) is 20.4 Å². The van der Waals surface area contributed by atoms with Crippen molar-refractivity contribution in [3.8, 4) is 0 Å². The Hall–Kier alpha value is -1.58. The van der Waals surface area contributed by atoms with Crippen molar-refractivity contribution in [2.24, 2.45) is 5.84 Å². The van der Waals surface area contributed by atoms with E-state index in [1.54, 1.807) is 6.07 Å². The molecule has 1 atom stereocenters. The quantitative estimate of drug-likeness (QED) is 0.656. The fourth-order valence-corrected chi connectivity index (χ4v) is 2.19. The molecule has 0 radical (unpaired) electrons. The molecule has 0 aliphatic heterocycles. The smallest absolute Gasteiger partial charge is 0.270 e. The molecule has 2 heterocycles. The molecule has 0 saturated heterocycles. The van der Waals surface area contributed by atoms with Gasteiger partial charge in [0, 0.05) is 17.3 Å². The maximum absolute atomic E-state index is 12.4. The Morgan fingerprint density at radius 2 is 2.11 bits per heavy atom. The Labute approximate surface area is 104 Å². The summed E-state index contributed by atoms with van der Waals surface area (Å²) in [4.78, 5) is 11.3. The second kappa shape index (κ2) is 4.96. The molecule has 0 fully saturated rings. The van der Waals surface area contributed by atoms with Gasteiger partial charge in [-0.1, -0.05) is 0 Å². The lowest BCUT2D eigenvalue weighted by molar-refractivity contribution is -0.137. The SMILES string of the molecule is NNC(c1ccncn1)c1cnc(C(F)(F)F)s1.